The number of carboxylic acid groups (broad SMARTS) is 1. The van der Waals surface area contributed by atoms with Crippen LogP contribution in [0.1, 0.15) is 45.7 Å². The average Bonchev–Trinajstić information content (AvgIpc) is 3.33. The van der Waals surface area contributed by atoms with Gasteiger partial charge in [-0.3, -0.25) is 0 Å². The van der Waals surface area contributed by atoms with Crippen LogP contribution in [0.25, 0.3) is 0 Å². The van der Waals surface area contributed by atoms with E-state index in [-0.39, 0.29) is 17.4 Å². The van der Waals surface area contributed by atoms with Gasteiger partial charge in [0, 0.05) is 17.5 Å². The van der Waals surface area contributed by atoms with Gasteiger partial charge in [-0.15, -0.1) is 0 Å². The molecule has 34 heavy (non-hydrogen) atoms. The normalized spacial score (nSPS) is 18.3. The lowest BCUT2D eigenvalue weighted by Gasteiger charge is -2.39. The molecule has 2 heterocycles. The summed E-state index contributed by atoms with van der Waals surface area (Å²) in [6, 6.07) is 18.9. The number of benzene rings is 3. The zero-order valence-corrected chi connectivity index (χ0v) is 19.0. The molecule has 0 unspecified atom stereocenters. The van der Waals surface area contributed by atoms with Gasteiger partial charge < -0.3 is 24.1 Å². The molecule has 174 valence electrons. The molecule has 0 saturated heterocycles. The van der Waals surface area contributed by atoms with Crippen LogP contribution in [-0.4, -0.2) is 43.1 Å². The largest absolute Gasteiger partial charge is 0.493 e. The van der Waals surface area contributed by atoms with Crippen molar-refractivity contribution in [1.29, 1.82) is 0 Å². The third-order valence-electron chi connectivity index (χ3n) is 6.16. The molecule has 0 aliphatic carbocycles. The van der Waals surface area contributed by atoms with Gasteiger partial charge in [0.15, 0.2) is 23.0 Å². The van der Waals surface area contributed by atoms with Gasteiger partial charge in [0.25, 0.3) is 0 Å². The van der Waals surface area contributed by atoms with Crippen LogP contribution >= 0.6 is 0 Å². The standard InChI is InChI=1S/C26H24N2O6/c1-31-20-11-7-10-16-19-14-18(15-8-5-4-6-9-15)27-28(19)25(34-23(16)20)17-12-13-21(32-2)24(33-3)22(17)26(29)30/h4-13,19,25H,14H2,1-3H3,(H,29,30)/t19-,25+/m0/s1. The fourth-order valence-corrected chi connectivity index (χ4v) is 4.62. The predicted octanol–water partition coefficient (Wildman–Crippen LogP) is 4.65. The summed E-state index contributed by atoms with van der Waals surface area (Å²) >= 11 is 0. The van der Waals surface area contributed by atoms with Crippen LogP contribution < -0.4 is 18.9 Å². The molecular formula is C26H24N2O6. The lowest BCUT2D eigenvalue weighted by atomic mass is 9.94. The number of hydrogen-bond donors (Lipinski definition) is 1. The topological polar surface area (TPSA) is 89.8 Å². The third kappa shape index (κ3) is 3.39. The summed E-state index contributed by atoms with van der Waals surface area (Å²) in [5.41, 5.74) is 3.21. The molecule has 0 saturated carbocycles. The van der Waals surface area contributed by atoms with Gasteiger partial charge in [0.05, 0.1) is 33.1 Å². The van der Waals surface area contributed by atoms with Gasteiger partial charge in [-0.25, -0.2) is 9.80 Å². The number of ether oxygens (including phenoxy) is 4. The van der Waals surface area contributed by atoms with Crippen LogP contribution in [0, 0.1) is 0 Å². The van der Waals surface area contributed by atoms with Crippen LogP contribution in [0.5, 0.6) is 23.0 Å². The van der Waals surface area contributed by atoms with Crippen LogP contribution in [0.4, 0.5) is 0 Å². The lowest BCUT2D eigenvalue weighted by molar-refractivity contribution is -0.0217. The summed E-state index contributed by atoms with van der Waals surface area (Å²) in [4.78, 5) is 12.4. The highest BCUT2D eigenvalue weighted by atomic mass is 16.5. The Balaban J connectivity index is 1.71. The number of fused-ring (bicyclic) bond motifs is 3. The SMILES string of the molecule is COc1cccc2c1O[C@H](c1ccc(OC)c(OC)c1C(=O)O)N1N=C(c3ccccc3)C[C@@H]21. The van der Waals surface area contributed by atoms with Crippen molar-refractivity contribution in [2.75, 3.05) is 21.3 Å². The van der Waals surface area contributed by atoms with E-state index in [1.165, 1.54) is 14.2 Å². The molecule has 2 aliphatic rings. The fourth-order valence-electron chi connectivity index (χ4n) is 4.62. The number of hydrazone groups is 1. The first-order valence-electron chi connectivity index (χ1n) is 10.8. The summed E-state index contributed by atoms with van der Waals surface area (Å²) in [6.07, 6.45) is -0.180. The number of carboxylic acids is 1. The van der Waals surface area contributed by atoms with Crippen molar-refractivity contribution in [3.05, 3.63) is 82.9 Å². The van der Waals surface area contributed by atoms with Crippen molar-refractivity contribution in [2.45, 2.75) is 18.7 Å². The van der Waals surface area contributed by atoms with Crippen molar-refractivity contribution >= 4 is 11.7 Å². The smallest absolute Gasteiger partial charge is 0.340 e. The molecule has 0 spiro atoms. The Hall–Kier alpha value is -4.20. The Morgan fingerprint density at radius 3 is 2.38 bits per heavy atom. The van der Waals surface area contributed by atoms with E-state index in [4.69, 9.17) is 24.0 Å². The quantitative estimate of drug-likeness (QED) is 0.573. The van der Waals surface area contributed by atoms with Crippen molar-refractivity contribution < 1.29 is 28.8 Å². The van der Waals surface area contributed by atoms with E-state index in [1.54, 1.807) is 19.2 Å². The molecule has 8 nitrogen and oxygen atoms in total. The fraction of sp³-hybridized carbons (Fsp3) is 0.231. The highest BCUT2D eigenvalue weighted by Gasteiger charge is 2.44. The van der Waals surface area contributed by atoms with Gasteiger partial charge in [-0.2, -0.15) is 5.10 Å². The molecule has 2 atom stereocenters. The molecule has 5 rings (SSSR count). The number of aromatic carboxylic acids is 1. The van der Waals surface area contributed by atoms with E-state index in [0.717, 1.165) is 16.8 Å². The average molecular weight is 460 g/mol. The highest BCUT2D eigenvalue weighted by Crippen LogP contribution is 2.52. The minimum Gasteiger partial charge on any atom is -0.493 e. The maximum absolute atomic E-state index is 12.4. The highest BCUT2D eigenvalue weighted by molar-refractivity contribution is 6.02. The molecule has 0 aromatic heterocycles. The van der Waals surface area contributed by atoms with E-state index in [2.05, 4.69) is 0 Å². The third-order valence-corrected chi connectivity index (χ3v) is 6.16. The van der Waals surface area contributed by atoms with E-state index in [9.17, 15) is 9.90 Å². The van der Waals surface area contributed by atoms with Crippen LogP contribution in [0.15, 0.2) is 65.8 Å². The van der Waals surface area contributed by atoms with E-state index in [0.29, 0.717) is 29.2 Å². The second-order valence-corrected chi connectivity index (χ2v) is 7.93. The molecule has 0 amide bonds. The molecule has 3 aromatic rings. The van der Waals surface area contributed by atoms with Gasteiger partial charge in [0.1, 0.15) is 5.56 Å². The van der Waals surface area contributed by atoms with Gasteiger partial charge in [-0.1, -0.05) is 42.5 Å². The molecule has 1 N–H and O–H groups in total. The number of para-hydroxylation sites is 1. The van der Waals surface area contributed by atoms with Gasteiger partial charge in [-0.05, 0) is 23.8 Å². The monoisotopic (exact) mass is 460 g/mol. The van der Waals surface area contributed by atoms with Gasteiger partial charge in [0.2, 0.25) is 6.23 Å². The van der Waals surface area contributed by atoms with Crippen molar-refractivity contribution in [1.82, 2.24) is 5.01 Å². The molecule has 2 aliphatic heterocycles. The Kier molecular flexibility index (Phi) is 5.49. The van der Waals surface area contributed by atoms with E-state index < -0.39 is 12.2 Å². The molecule has 3 aromatic carbocycles. The number of rotatable bonds is 6. The predicted molar refractivity (Wildman–Crippen MR) is 125 cm³/mol. The number of nitrogens with zero attached hydrogens (tertiary/aromatic N) is 2. The van der Waals surface area contributed by atoms with Crippen molar-refractivity contribution in [3.63, 3.8) is 0 Å². The van der Waals surface area contributed by atoms with E-state index >= 15 is 0 Å². The summed E-state index contributed by atoms with van der Waals surface area (Å²) in [7, 11) is 4.47. The van der Waals surface area contributed by atoms with Crippen LogP contribution in [0.3, 0.4) is 0 Å². The molecular weight excluding hydrogens is 436 g/mol. The molecule has 8 heteroatoms. The van der Waals surface area contributed by atoms with Crippen molar-refractivity contribution in [2.24, 2.45) is 5.10 Å². The van der Waals surface area contributed by atoms with E-state index in [1.807, 2.05) is 53.5 Å². The Labute approximate surface area is 196 Å². The maximum Gasteiger partial charge on any atom is 0.340 e. The van der Waals surface area contributed by atoms with Gasteiger partial charge >= 0.3 is 5.97 Å². The zero-order chi connectivity index (χ0) is 23.8. The first kappa shape index (κ1) is 21.6. The van der Waals surface area contributed by atoms with Crippen LogP contribution in [0.2, 0.25) is 0 Å². The minimum absolute atomic E-state index is 0.0349. The summed E-state index contributed by atoms with van der Waals surface area (Å²) in [5, 5.41) is 16.9. The first-order valence-corrected chi connectivity index (χ1v) is 10.8. The Bertz CT molecular complexity index is 1270. The minimum atomic E-state index is -1.15. The molecule has 0 fully saturated rings. The first-order chi connectivity index (χ1) is 16.6. The summed E-state index contributed by atoms with van der Waals surface area (Å²) in [5.74, 6) is 0.455. The lowest BCUT2D eigenvalue weighted by Crippen LogP contribution is -2.35. The van der Waals surface area contributed by atoms with Crippen molar-refractivity contribution in [3.8, 4) is 23.0 Å². The summed E-state index contributed by atoms with van der Waals surface area (Å²) < 4.78 is 22.8. The zero-order valence-electron chi connectivity index (χ0n) is 19.0. The number of hydrogen-bond acceptors (Lipinski definition) is 7. The number of carbonyl (C=O) groups is 1. The maximum atomic E-state index is 12.4. The molecule has 0 bridgehead atoms. The molecule has 0 radical (unpaired) electrons. The summed E-state index contributed by atoms with van der Waals surface area (Å²) in [6.45, 7) is 0. The van der Waals surface area contributed by atoms with Crippen LogP contribution in [-0.2, 0) is 0 Å². The number of methoxy groups -OCH3 is 3. The second kappa shape index (κ2) is 8.62. The Morgan fingerprint density at radius 1 is 0.941 bits per heavy atom. The Morgan fingerprint density at radius 2 is 1.71 bits per heavy atom. The second-order valence-electron chi connectivity index (χ2n) is 7.93.